The summed E-state index contributed by atoms with van der Waals surface area (Å²) in [5.41, 5.74) is 0.0102. The number of ether oxygens (including phenoxy) is 3. The average molecular weight is 1040 g/mol. The summed E-state index contributed by atoms with van der Waals surface area (Å²) in [5, 5.41) is 17.9. The van der Waals surface area contributed by atoms with Crippen LogP contribution in [0.15, 0.2) is 91.0 Å². The Balaban J connectivity index is 1.33. The molecule has 75 heavy (non-hydrogen) atoms. The third kappa shape index (κ3) is 18.7. The number of carbonyl (C=O) groups excluding carboxylic acids is 7. The highest BCUT2D eigenvalue weighted by molar-refractivity contribution is 5.95. The lowest BCUT2D eigenvalue weighted by Crippen LogP contribution is -2.68. The molecule has 17 nitrogen and oxygen atoms in total. The normalized spacial score (nSPS) is 16.9. The van der Waals surface area contributed by atoms with E-state index in [0.29, 0.717) is 51.6 Å². The molecule has 5 unspecified atom stereocenters. The van der Waals surface area contributed by atoms with E-state index in [1.165, 1.54) is 7.11 Å². The zero-order chi connectivity index (χ0) is 55.0. The molecule has 1 saturated carbocycles. The van der Waals surface area contributed by atoms with Gasteiger partial charge >= 0.3 is 18.2 Å². The van der Waals surface area contributed by atoms with Crippen LogP contribution < -0.4 is 31.9 Å². The maximum absolute atomic E-state index is 14.7. The van der Waals surface area contributed by atoms with Crippen LogP contribution in [0.1, 0.15) is 136 Å². The summed E-state index contributed by atoms with van der Waals surface area (Å²) < 4.78 is 16.2. The van der Waals surface area contributed by atoms with E-state index in [9.17, 15) is 33.6 Å². The topological polar surface area (TPSA) is 223 Å². The minimum atomic E-state index is -1.18. The van der Waals surface area contributed by atoms with Crippen molar-refractivity contribution in [3.05, 3.63) is 108 Å². The fourth-order valence-corrected chi connectivity index (χ4v) is 10.1. The first-order chi connectivity index (χ1) is 35.4. The van der Waals surface area contributed by atoms with Gasteiger partial charge in [-0.3, -0.25) is 29.3 Å². The van der Waals surface area contributed by atoms with Crippen LogP contribution in [-0.4, -0.2) is 114 Å². The van der Waals surface area contributed by atoms with E-state index in [1.54, 1.807) is 46.4 Å². The molecule has 6 amide bonds. The first-order valence-electron chi connectivity index (χ1n) is 26.5. The SMILES string of the molecule is COC(=O)C1(NC(C)c2ccccc2)CC2(CCN(C(=O)C(CCCCNC(=O)OC(C)(C)C)NC(=O)C(CC(C)C)NC(=O)C(Cc3ccccc3)NC(=O)C(Cc3ccccc3)NC(=O)OC(C)(C)C)CC2)C1. The van der Waals surface area contributed by atoms with Crippen LogP contribution in [0.25, 0.3) is 0 Å². The Morgan fingerprint density at radius 2 is 1.07 bits per heavy atom. The Kier molecular flexibility index (Phi) is 21.2. The van der Waals surface area contributed by atoms with Crippen molar-refractivity contribution >= 4 is 41.8 Å². The Bertz CT molecular complexity index is 2350. The van der Waals surface area contributed by atoms with Crippen molar-refractivity contribution in [3.8, 4) is 0 Å². The lowest BCUT2D eigenvalue weighted by Gasteiger charge is -2.58. The minimum absolute atomic E-state index is 0.0662. The monoisotopic (exact) mass is 1040 g/mol. The predicted octanol–water partition coefficient (Wildman–Crippen LogP) is 7.23. The first kappa shape index (κ1) is 59.4. The molecule has 0 bridgehead atoms. The smallest absolute Gasteiger partial charge is 0.408 e. The van der Waals surface area contributed by atoms with E-state index in [-0.39, 0.29) is 61.5 Å². The molecule has 2 fully saturated rings. The maximum atomic E-state index is 14.7. The molecule has 1 aliphatic carbocycles. The Morgan fingerprint density at radius 3 is 1.57 bits per heavy atom. The predicted molar refractivity (Wildman–Crippen MR) is 287 cm³/mol. The summed E-state index contributed by atoms with van der Waals surface area (Å²) in [6.07, 6.45) is 2.67. The number of rotatable bonds is 23. The van der Waals surface area contributed by atoms with Crippen LogP contribution in [0, 0.1) is 11.3 Å². The maximum Gasteiger partial charge on any atom is 0.408 e. The van der Waals surface area contributed by atoms with Gasteiger partial charge in [-0.25, -0.2) is 9.59 Å². The number of unbranched alkanes of at least 4 members (excludes halogenated alkanes) is 1. The standard InChI is InChI=1S/C58H83N7O10/c1-39(2)34-45(61-49(67)46(35-41-22-14-11-15-23-41)62-50(68)47(36-42-24-16-12-17-25-42)63-54(72)75-56(7,8)9)48(66)60-44(28-20-21-31-59-53(71)74-55(4,5)6)51(69)65-32-29-57(30-33-65)37-58(38-57,52(70)73-10)64-40(3)43-26-18-13-19-27-43/h11-19,22-27,39-40,44-47,64H,20-21,28-38H2,1-10H3,(H,59,71)(H,60,66)(H,61,67)(H,62,68)(H,63,72). The van der Waals surface area contributed by atoms with Crippen LogP contribution in [0.3, 0.4) is 0 Å². The van der Waals surface area contributed by atoms with Crippen LogP contribution in [-0.2, 0) is 51.0 Å². The van der Waals surface area contributed by atoms with Gasteiger partial charge in [0.1, 0.15) is 40.9 Å². The average Bonchev–Trinajstić information content (AvgIpc) is 3.34. The van der Waals surface area contributed by atoms with Gasteiger partial charge in [0.25, 0.3) is 0 Å². The van der Waals surface area contributed by atoms with Crippen molar-refractivity contribution in [3.63, 3.8) is 0 Å². The second-order valence-corrected chi connectivity index (χ2v) is 22.8. The molecule has 3 aromatic rings. The zero-order valence-corrected chi connectivity index (χ0v) is 45.8. The van der Waals surface area contributed by atoms with Gasteiger partial charge in [-0.1, -0.05) is 105 Å². The van der Waals surface area contributed by atoms with Crippen LogP contribution in [0.4, 0.5) is 9.59 Å². The van der Waals surface area contributed by atoms with Gasteiger partial charge in [-0.05, 0) is 128 Å². The number of hydrogen-bond donors (Lipinski definition) is 6. The van der Waals surface area contributed by atoms with Crippen molar-refractivity contribution in [2.45, 2.75) is 173 Å². The number of piperidine rings is 1. The molecule has 3 aromatic carbocycles. The molecular weight excluding hydrogens is 955 g/mol. The van der Waals surface area contributed by atoms with Crippen molar-refractivity contribution in [1.29, 1.82) is 0 Å². The largest absolute Gasteiger partial charge is 0.468 e. The number of nitrogens with zero attached hydrogens (tertiary/aromatic N) is 1. The van der Waals surface area contributed by atoms with Gasteiger partial charge in [-0.2, -0.15) is 0 Å². The van der Waals surface area contributed by atoms with Gasteiger partial charge in [0.2, 0.25) is 23.6 Å². The summed E-state index contributed by atoms with van der Waals surface area (Å²) in [5.74, 6) is -2.47. The number of benzene rings is 3. The van der Waals surface area contributed by atoms with E-state index in [2.05, 4.69) is 31.9 Å². The second kappa shape index (κ2) is 26.8. The number of likely N-dealkylation sites (tertiary alicyclic amines) is 1. The molecule has 1 saturated heterocycles. The number of esters is 1. The van der Waals surface area contributed by atoms with E-state index < -0.39 is 70.8 Å². The fourth-order valence-electron chi connectivity index (χ4n) is 10.1. The van der Waals surface area contributed by atoms with Crippen LogP contribution in [0.5, 0.6) is 0 Å². The number of amides is 6. The summed E-state index contributed by atoms with van der Waals surface area (Å²) >= 11 is 0. The molecule has 0 aromatic heterocycles. The third-order valence-corrected chi connectivity index (χ3v) is 13.6. The molecule has 0 radical (unpaired) electrons. The van der Waals surface area contributed by atoms with Crippen LogP contribution in [0.2, 0.25) is 0 Å². The van der Waals surface area contributed by atoms with Crippen molar-refractivity contribution in [2.24, 2.45) is 11.3 Å². The van der Waals surface area contributed by atoms with Gasteiger partial charge in [0.05, 0.1) is 7.11 Å². The Labute approximate surface area is 444 Å². The Hall–Kier alpha value is -6.49. The first-order valence-corrected chi connectivity index (χ1v) is 26.5. The number of hydrogen-bond acceptors (Lipinski definition) is 11. The quantitative estimate of drug-likeness (QED) is 0.0316. The molecule has 1 aliphatic heterocycles. The summed E-state index contributed by atoms with van der Waals surface area (Å²) in [6, 6.07) is 23.7. The highest BCUT2D eigenvalue weighted by Crippen LogP contribution is 2.56. The molecule has 2 aliphatic rings. The van der Waals surface area contributed by atoms with E-state index in [1.807, 2.05) is 112 Å². The molecule has 1 spiro atoms. The third-order valence-electron chi connectivity index (χ3n) is 13.6. The molecule has 410 valence electrons. The van der Waals surface area contributed by atoms with Crippen molar-refractivity contribution in [1.82, 2.24) is 36.8 Å². The van der Waals surface area contributed by atoms with Gasteiger partial charge in [0.15, 0.2) is 0 Å². The number of carbonyl (C=O) groups is 7. The molecule has 6 N–H and O–H groups in total. The highest BCUT2D eigenvalue weighted by Gasteiger charge is 2.60. The summed E-state index contributed by atoms with van der Waals surface area (Å²) in [4.78, 5) is 98.7. The summed E-state index contributed by atoms with van der Waals surface area (Å²) in [6.45, 7) is 17.5. The van der Waals surface area contributed by atoms with E-state index >= 15 is 0 Å². The zero-order valence-electron chi connectivity index (χ0n) is 45.8. The van der Waals surface area contributed by atoms with Gasteiger partial charge in [0, 0.05) is 38.5 Å². The van der Waals surface area contributed by atoms with Crippen molar-refractivity contribution in [2.75, 3.05) is 26.7 Å². The van der Waals surface area contributed by atoms with Gasteiger partial charge in [-0.15, -0.1) is 0 Å². The lowest BCUT2D eigenvalue weighted by molar-refractivity contribution is -0.166. The molecular formula is C58H83N7O10. The minimum Gasteiger partial charge on any atom is -0.468 e. The lowest BCUT2D eigenvalue weighted by atomic mass is 9.53. The molecule has 5 rings (SSSR count). The Morgan fingerprint density at radius 1 is 0.600 bits per heavy atom. The fraction of sp³-hybridized carbons (Fsp3) is 0.569. The second-order valence-electron chi connectivity index (χ2n) is 22.8. The van der Waals surface area contributed by atoms with Gasteiger partial charge < -0.3 is 45.7 Å². The molecule has 1 heterocycles. The molecule has 17 heteroatoms. The van der Waals surface area contributed by atoms with E-state index in [4.69, 9.17) is 14.2 Å². The molecule has 5 atom stereocenters. The number of methoxy groups -OCH3 is 1. The van der Waals surface area contributed by atoms with Crippen molar-refractivity contribution < 1.29 is 47.8 Å². The number of nitrogens with one attached hydrogen (secondary N) is 6. The van der Waals surface area contributed by atoms with E-state index in [0.717, 1.165) is 16.7 Å². The summed E-state index contributed by atoms with van der Waals surface area (Å²) in [7, 11) is 1.41. The highest BCUT2D eigenvalue weighted by atomic mass is 16.6. The van der Waals surface area contributed by atoms with Crippen LogP contribution >= 0.6 is 0 Å². The number of alkyl carbamates (subject to hydrolysis) is 2.